The Labute approximate surface area is 118 Å². The van der Waals surface area contributed by atoms with Crippen molar-refractivity contribution in [2.24, 2.45) is 5.92 Å². The second-order valence-electron chi connectivity index (χ2n) is 6.39. The lowest BCUT2D eigenvalue weighted by atomic mass is 9.73. The minimum Gasteiger partial charge on any atom is -0.493 e. The third-order valence-electron chi connectivity index (χ3n) is 5.26. The van der Waals surface area contributed by atoms with E-state index in [1.807, 2.05) is 18.2 Å². The van der Waals surface area contributed by atoms with Crippen LogP contribution in [0.1, 0.15) is 30.7 Å². The number of benzene rings is 1. The summed E-state index contributed by atoms with van der Waals surface area (Å²) in [5.41, 5.74) is 0.682. The fourth-order valence-corrected chi connectivity index (χ4v) is 4.20. The highest BCUT2D eigenvalue weighted by atomic mass is 16.5. The molecule has 3 fully saturated rings. The van der Waals surface area contributed by atoms with Crippen molar-refractivity contribution in [3.63, 3.8) is 0 Å². The van der Waals surface area contributed by atoms with Crippen molar-refractivity contribution < 1.29 is 14.6 Å². The van der Waals surface area contributed by atoms with Gasteiger partial charge < -0.3 is 9.84 Å². The standard InChI is InChI=1S/C16H19NO3/c18-15(19)16-7-11(8-16)9-17(16)10-12-5-6-20-14-4-2-1-3-13(12)14/h1-4,11-12H,5-10H2,(H,18,19). The second kappa shape index (κ2) is 4.22. The van der Waals surface area contributed by atoms with Crippen LogP contribution in [0.4, 0.5) is 0 Å². The van der Waals surface area contributed by atoms with Crippen molar-refractivity contribution in [1.29, 1.82) is 0 Å². The van der Waals surface area contributed by atoms with Crippen LogP contribution in [-0.2, 0) is 4.79 Å². The van der Waals surface area contributed by atoms with Crippen molar-refractivity contribution in [2.45, 2.75) is 30.7 Å². The van der Waals surface area contributed by atoms with E-state index in [2.05, 4.69) is 11.0 Å². The van der Waals surface area contributed by atoms with E-state index in [-0.39, 0.29) is 0 Å². The number of ether oxygens (including phenoxy) is 1. The Morgan fingerprint density at radius 2 is 2.20 bits per heavy atom. The Morgan fingerprint density at radius 1 is 1.40 bits per heavy atom. The molecule has 0 amide bonds. The van der Waals surface area contributed by atoms with Gasteiger partial charge in [-0.05, 0) is 36.8 Å². The second-order valence-corrected chi connectivity index (χ2v) is 6.39. The van der Waals surface area contributed by atoms with Gasteiger partial charge in [0.15, 0.2) is 0 Å². The molecule has 1 aromatic rings. The van der Waals surface area contributed by atoms with E-state index in [0.717, 1.165) is 44.7 Å². The molecule has 1 saturated carbocycles. The summed E-state index contributed by atoms with van der Waals surface area (Å²) in [6.45, 7) is 2.54. The van der Waals surface area contributed by atoms with Gasteiger partial charge in [-0.3, -0.25) is 9.69 Å². The van der Waals surface area contributed by atoms with Crippen LogP contribution < -0.4 is 4.74 Å². The Balaban J connectivity index is 1.57. The lowest BCUT2D eigenvalue weighted by Crippen LogP contribution is -2.53. The van der Waals surface area contributed by atoms with E-state index in [1.54, 1.807) is 0 Å². The Kier molecular flexibility index (Phi) is 2.58. The highest BCUT2D eigenvalue weighted by Crippen LogP contribution is 2.51. The highest BCUT2D eigenvalue weighted by Gasteiger charge is 2.61. The summed E-state index contributed by atoms with van der Waals surface area (Å²) in [6.07, 6.45) is 2.66. The predicted molar refractivity (Wildman–Crippen MR) is 74.0 cm³/mol. The number of nitrogens with zero attached hydrogens (tertiary/aromatic N) is 1. The molecule has 3 heterocycles. The van der Waals surface area contributed by atoms with Crippen molar-refractivity contribution in [2.75, 3.05) is 19.7 Å². The van der Waals surface area contributed by atoms with Gasteiger partial charge in [0.2, 0.25) is 0 Å². The number of carbonyl (C=O) groups is 1. The highest BCUT2D eigenvalue weighted by molar-refractivity contribution is 5.81. The van der Waals surface area contributed by atoms with Gasteiger partial charge in [0.25, 0.3) is 0 Å². The summed E-state index contributed by atoms with van der Waals surface area (Å²) in [5.74, 6) is 1.34. The molecule has 4 aliphatic rings. The number of fused-ring (bicyclic) bond motifs is 2. The number of carboxylic acid groups (broad SMARTS) is 1. The minimum absolute atomic E-state index is 0.399. The number of hydrogen-bond acceptors (Lipinski definition) is 3. The molecule has 4 nitrogen and oxygen atoms in total. The predicted octanol–water partition coefficient (Wildman–Crippen LogP) is 2.10. The zero-order chi connectivity index (χ0) is 13.7. The SMILES string of the molecule is O=C(O)C12CC(CN1CC1CCOc3ccccc31)C2. The van der Waals surface area contributed by atoms with Gasteiger partial charge >= 0.3 is 5.97 Å². The van der Waals surface area contributed by atoms with Crippen LogP contribution in [0.3, 0.4) is 0 Å². The fourth-order valence-electron chi connectivity index (χ4n) is 4.20. The van der Waals surface area contributed by atoms with Gasteiger partial charge in [0.05, 0.1) is 6.61 Å². The Hall–Kier alpha value is -1.55. The average Bonchev–Trinajstić information content (AvgIpc) is 2.94. The summed E-state index contributed by atoms with van der Waals surface area (Å²) in [4.78, 5) is 13.8. The number of hydrogen-bond donors (Lipinski definition) is 1. The first-order valence-corrected chi connectivity index (χ1v) is 7.39. The fraction of sp³-hybridized carbons (Fsp3) is 0.562. The number of aliphatic carboxylic acids is 1. The van der Waals surface area contributed by atoms with E-state index in [9.17, 15) is 9.90 Å². The van der Waals surface area contributed by atoms with Crippen LogP contribution in [0.15, 0.2) is 24.3 Å². The monoisotopic (exact) mass is 273 g/mol. The van der Waals surface area contributed by atoms with Gasteiger partial charge in [-0.1, -0.05) is 18.2 Å². The molecule has 4 heteroatoms. The van der Waals surface area contributed by atoms with E-state index in [0.29, 0.717) is 11.8 Å². The first-order chi connectivity index (χ1) is 9.69. The molecule has 1 unspecified atom stereocenters. The first kappa shape index (κ1) is 12.2. The topological polar surface area (TPSA) is 49.8 Å². The lowest BCUT2D eigenvalue weighted by molar-refractivity contribution is -0.152. The normalized spacial score (nSPS) is 35.0. The molecule has 3 aliphatic heterocycles. The molecule has 1 aliphatic carbocycles. The summed E-state index contributed by atoms with van der Waals surface area (Å²) < 4.78 is 5.69. The van der Waals surface area contributed by atoms with Crippen LogP contribution >= 0.6 is 0 Å². The molecule has 0 spiro atoms. The van der Waals surface area contributed by atoms with Crippen molar-refractivity contribution in [3.05, 3.63) is 29.8 Å². The molecule has 2 bridgehead atoms. The summed E-state index contributed by atoms with van der Waals surface area (Å²) in [6, 6.07) is 8.16. The van der Waals surface area contributed by atoms with Crippen molar-refractivity contribution in [3.8, 4) is 5.75 Å². The zero-order valence-corrected chi connectivity index (χ0v) is 11.4. The van der Waals surface area contributed by atoms with Gasteiger partial charge in [-0.25, -0.2) is 0 Å². The van der Waals surface area contributed by atoms with Crippen LogP contribution in [-0.4, -0.2) is 41.2 Å². The molecule has 2 saturated heterocycles. The van der Waals surface area contributed by atoms with Crippen LogP contribution in [0.25, 0.3) is 0 Å². The summed E-state index contributed by atoms with van der Waals surface area (Å²) in [5, 5.41) is 9.54. The van der Waals surface area contributed by atoms with E-state index in [1.165, 1.54) is 5.56 Å². The maximum absolute atomic E-state index is 11.6. The quantitative estimate of drug-likeness (QED) is 0.916. The van der Waals surface area contributed by atoms with Gasteiger partial charge in [-0.2, -0.15) is 0 Å². The first-order valence-electron chi connectivity index (χ1n) is 7.39. The molecular weight excluding hydrogens is 254 g/mol. The molecule has 0 radical (unpaired) electrons. The zero-order valence-electron chi connectivity index (χ0n) is 11.4. The van der Waals surface area contributed by atoms with Crippen LogP contribution in [0, 0.1) is 5.92 Å². The number of para-hydroxylation sites is 1. The molecule has 1 aromatic carbocycles. The van der Waals surface area contributed by atoms with Crippen LogP contribution in [0.5, 0.6) is 5.75 Å². The molecule has 0 aromatic heterocycles. The third-order valence-corrected chi connectivity index (χ3v) is 5.26. The smallest absolute Gasteiger partial charge is 0.324 e. The van der Waals surface area contributed by atoms with Crippen molar-refractivity contribution >= 4 is 5.97 Å². The number of carboxylic acids is 1. The van der Waals surface area contributed by atoms with E-state index < -0.39 is 11.5 Å². The maximum atomic E-state index is 11.6. The Morgan fingerprint density at radius 3 is 3.00 bits per heavy atom. The third kappa shape index (κ3) is 1.61. The summed E-state index contributed by atoms with van der Waals surface area (Å²) in [7, 11) is 0. The lowest BCUT2D eigenvalue weighted by Gasteiger charge is -2.40. The van der Waals surface area contributed by atoms with Crippen LogP contribution in [0.2, 0.25) is 0 Å². The summed E-state index contributed by atoms with van der Waals surface area (Å²) >= 11 is 0. The molecule has 5 rings (SSSR count). The van der Waals surface area contributed by atoms with Gasteiger partial charge in [0, 0.05) is 19.0 Å². The Bertz CT molecular complexity index is 550. The molecular formula is C16H19NO3. The molecule has 1 atom stereocenters. The van der Waals surface area contributed by atoms with Crippen molar-refractivity contribution in [1.82, 2.24) is 4.90 Å². The number of rotatable bonds is 3. The molecule has 20 heavy (non-hydrogen) atoms. The van der Waals surface area contributed by atoms with E-state index >= 15 is 0 Å². The largest absolute Gasteiger partial charge is 0.493 e. The van der Waals surface area contributed by atoms with E-state index in [4.69, 9.17) is 4.74 Å². The van der Waals surface area contributed by atoms with Gasteiger partial charge in [0.1, 0.15) is 11.3 Å². The molecule has 106 valence electrons. The molecule has 1 N–H and O–H groups in total. The van der Waals surface area contributed by atoms with Gasteiger partial charge in [-0.15, -0.1) is 0 Å². The maximum Gasteiger partial charge on any atom is 0.324 e. The minimum atomic E-state index is -0.633. The average molecular weight is 273 g/mol.